The number of halogens is 2. The van der Waals surface area contributed by atoms with Crippen LogP contribution in [0.1, 0.15) is 19.3 Å². The minimum atomic E-state index is -0.397. The number of hydrogen-bond acceptors (Lipinski definition) is 3. The van der Waals surface area contributed by atoms with E-state index in [4.69, 9.17) is 23.1 Å². The lowest BCUT2D eigenvalue weighted by Gasteiger charge is -2.36. The maximum absolute atomic E-state index is 13.1. The first-order valence-electron chi connectivity index (χ1n) is 6.75. The average molecular weight is 286 g/mol. The largest absolute Gasteiger partial charge is 0.382 e. The first kappa shape index (κ1) is 14.6. The van der Waals surface area contributed by atoms with Crippen LogP contribution in [0.2, 0.25) is 5.02 Å². The van der Waals surface area contributed by atoms with Crippen LogP contribution >= 0.6 is 11.6 Å². The van der Waals surface area contributed by atoms with Crippen LogP contribution in [0.4, 0.5) is 10.1 Å². The highest BCUT2D eigenvalue weighted by atomic mass is 35.5. The fraction of sp³-hybridized carbons (Fsp3) is 0.571. The van der Waals surface area contributed by atoms with Gasteiger partial charge in [0.25, 0.3) is 0 Å². The van der Waals surface area contributed by atoms with Crippen molar-refractivity contribution in [1.29, 1.82) is 0 Å². The molecule has 2 rings (SSSR count). The third-order valence-corrected chi connectivity index (χ3v) is 4.30. The van der Waals surface area contributed by atoms with Crippen molar-refractivity contribution in [2.75, 3.05) is 18.4 Å². The number of hydrogen-bond donors (Lipinski definition) is 3. The molecule has 0 spiro atoms. The predicted molar refractivity (Wildman–Crippen MR) is 77.8 cm³/mol. The summed E-state index contributed by atoms with van der Waals surface area (Å²) in [5, 5.41) is 3.57. The fourth-order valence-electron chi connectivity index (χ4n) is 2.79. The molecular weight excluding hydrogens is 265 g/mol. The smallest absolute Gasteiger partial charge is 0.141 e. The average Bonchev–Trinajstić information content (AvgIpc) is 2.43. The molecule has 1 aliphatic rings. The molecule has 0 amide bonds. The third kappa shape index (κ3) is 3.59. The van der Waals surface area contributed by atoms with E-state index < -0.39 is 5.82 Å². The van der Waals surface area contributed by atoms with Crippen LogP contribution in [0.5, 0.6) is 0 Å². The molecule has 1 aromatic carbocycles. The molecule has 0 bridgehead atoms. The maximum atomic E-state index is 13.1. The van der Waals surface area contributed by atoms with Gasteiger partial charge < -0.3 is 16.8 Å². The van der Waals surface area contributed by atoms with Crippen LogP contribution in [0, 0.1) is 17.7 Å². The molecule has 106 valence electrons. The van der Waals surface area contributed by atoms with Crippen molar-refractivity contribution in [1.82, 2.24) is 0 Å². The van der Waals surface area contributed by atoms with E-state index in [9.17, 15) is 4.39 Å². The summed E-state index contributed by atoms with van der Waals surface area (Å²) >= 11 is 5.80. The Morgan fingerprint density at radius 3 is 2.68 bits per heavy atom. The van der Waals surface area contributed by atoms with Gasteiger partial charge >= 0.3 is 0 Å². The molecule has 5 N–H and O–H groups in total. The van der Waals surface area contributed by atoms with E-state index in [2.05, 4.69) is 5.32 Å². The van der Waals surface area contributed by atoms with Crippen LogP contribution in [-0.2, 0) is 0 Å². The van der Waals surface area contributed by atoms with E-state index in [0.717, 1.165) is 24.9 Å². The summed E-state index contributed by atoms with van der Waals surface area (Å²) in [6.45, 7) is 1.36. The van der Waals surface area contributed by atoms with Crippen LogP contribution < -0.4 is 16.8 Å². The third-order valence-electron chi connectivity index (χ3n) is 4.01. The molecule has 3 nitrogen and oxygen atoms in total. The summed E-state index contributed by atoms with van der Waals surface area (Å²) in [4.78, 5) is 0. The Kier molecular flexibility index (Phi) is 5.02. The lowest BCUT2D eigenvalue weighted by atomic mass is 9.78. The van der Waals surface area contributed by atoms with E-state index in [0.29, 0.717) is 24.9 Å². The van der Waals surface area contributed by atoms with Crippen LogP contribution in [0.3, 0.4) is 0 Å². The second-order valence-electron chi connectivity index (χ2n) is 5.29. The number of rotatable bonds is 4. The van der Waals surface area contributed by atoms with E-state index >= 15 is 0 Å². The van der Waals surface area contributed by atoms with Crippen LogP contribution in [0.25, 0.3) is 0 Å². The van der Waals surface area contributed by atoms with Gasteiger partial charge in [-0.25, -0.2) is 4.39 Å². The summed E-state index contributed by atoms with van der Waals surface area (Å²) in [6.07, 6.45) is 3.24. The van der Waals surface area contributed by atoms with Crippen molar-refractivity contribution in [2.24, 2.45) is 23.3 Å². The van der Waals surface area contributed by atoms with Crippen molar-refractivity contribution in [3.05, 3.63) is 29.0 Å². The van der Waals surface area contributed by atoms with Gasteiger partial charge in [0.05, 0.1) is 5.02 Å². The van der Waals surface area contributed by atoms with Gasteiger partial charge in [-0.3, -0.25) is 0 Å². The fourth-order valence-corrected chi connectivity index (χ4v) is 2.97. The van der Waals surface area contributed by atoms with Gasteiger partial charge in [0.15, 0.2) is 0 Å². The summed E-state index contributed by atoms with van der Waals surface area (Å²) in [7, 11) is 0. The Hall–Kier alpha value is -0.840. The Balaban J connectivity index is 2.07. The molecule has 0 radical (unpaired) electrons. The first-order valence-corrected chi connectivity index (χ1v) is 7.13. The molecular formula is C14H21ClFN3. The lowest BCUT2D eigenvalue weighted by Crippen LogP contribution is -2.41. The Morgan fingerprint density at radius 1 is 1.26 bits per heavy atom. The molecule has 3 unspecified atom stereocenters. The molecule has 0 heterocycles. The molecule has 19 heavy (non-hydrogen) atoms. The molecule has 1 aromatic rings. The first-order chi connectivity index (χ1) is 9.13. The minimum Gasteiger partial charge on any atom is -0.382 e. The van der Waals surface area contributed by atoms with Crippen molar-refractivity contribution in [3.63, 3.8) is 0 Å². The van der Waals surface area contributed by atoms with E-state index in [-0.39, 0.29) is 11.1 Å². The Morgan fingerprint density at radius 2 is 2.05 bits per heavy atom. The molecule has 0 aromatic heterocycles. The topological polar surface area (TPSA) is 64.1 Å². The van der Waals surface area contributed by atoms with Gasteiger partial charge in [-0.05, 0) is 62.4 Å². The quantitative estimate of drug-likeness (QED) is 0.797. The second-order valence-corrected chi connectivity index (χ2v) is 5.70. The highest BCUT2D eigenvalue weighted by molar-refractivity contribution is 6.31. The maximum Gasteiger partial charge on any atom is 0.141 e. The summed E-state index contributed by atoms with van der Waals surface area (Å²) in [5.41, 5.74) is 12.4. The minimum absolute atomic E-state index is 0.139. The zero-order valence-corrected chi connectivity index (χ0v) is 11.7. The van der Waals surface area contributed by atoms with E-state index in [1.54, 1.807) is 12.1 Å². The molecule has 1 aliphatic carbocycles. The summed E-state index contributed by atoms with van der Waals surface area (Å²) in [5.74, 6) is 0.578. The second kappa shape index (κ2) is 6.55. The molecule has 0 aliphatic heterocycles. The highest BCUT2D eigenvalue weighted by Gasteiger charge is 2.29. The van der Waals surface area contributed by atoms with Gasteiger partial charge in [-0.15, -0.1) is 0 Å². The predicted octanol–water partition coefficient (Wildman–Crippen LogP) is 2.59. The molecule has 1 saturated carbocycles. The summed E-state index contributed by atoms with van der Waals surface area (Å²) in [6, 6.07) is 5.00. The van der Waals surface area contributed by atoms with Crippen molar-refractivity contribution >= 4 is 17.3 Å². The van der Waals surface area contributed by atoms with Gasteiger partial charge in [0.2, 0.25) is 0 Å². The standard InChI is InChI=1S/C14H21ClFN3/c15-12-6-11(3-4-13(12)16)19-14-5-9(7-17)1-2-10(14)8-18/h3-4,6,9-10,14,19H,1-2,5,7-8,17-18H2. The molecule has 0 saturated heterocycles. The Bertz CT molecular complexity index is 427. The normalized spacial score (nSPS) is 27.3. The van der Waals surface area contributed by atoms with Gasteiger partial charge in [-0.1, -0.05) is 11.6 Å². The van der Waals surface area contributed by atoms with Crippen LogP contribution in [0.15, 0.2) is 18.2 Å². The number of nitrogens with two attached hydrogens (primary N) is 2. The van der Waals surface area contributed by atoms with Gasteiger partial charge in [0, 0.05) is 11.7 Å². The van der Waals surface area contributed by atoms with Gasteiger partial charge in [0.1, 0.15) is 5.82 Å². The monoisotopic (exact) mass is 285 g/mol. The number of benzene rings is 1. The van der Waals surface area contributed by atoms with Crippen molar-refractivity contribution in [2.45, 2.75) is 25.3 Å². The SMILES string of the molecule is NCC1CCC(CN)C(Nc2ccc(F)c(Cl)c2)C1. The highest BCUT2D eigenvalue weighted by Crippen LogP contribution is 2.31. The van der Waals surface area contributed by atoms with Crippen LogP contribution in [-0.4, -0.2) is 19.1 Å². The number of anilines is 1. The van der Waals surface area contributed by atoms with Crippen molar-refractivity contribution < 1.29 is 4.39 Å². The van der Waals surface area contributed by atoms with Crippen molar-refractivity contribution in [3.8, 4) is 0 Å². The van der Waals surface area contributed by atoms with E-state index in [1.165, 1.54) is 6.07 Å². The van der Waals surface area contributed by atoms with E-state index in [1.807, 2.05) is 0 Å². The van der Waals surface area contributed by atoms with Gasteiger partial charge in [-0.2, -0.15) is 0 Å². The number of nitrogens with one attached hydrogen (secondary N) is 1. The zero-order valence-electron chi connectivity index (χ0n) is 10.9. The lowest BCUT2D eigenvalue weighted by molar-refractivity contribution is 0.260. The molecule has 1 fully saturated rings. The molecule has 3 atom stereocenters. The zero-order chi connectivity index (χ0) is 13.8. The Labute approximate surface area is 118 Å². The molecule has 5 heteroatoms. The summed E-state index contributed by atoms with van der Waals surface area (Å²) < 4.78 is 13.1.